The van der Waals surface area contributed by atoms with Gasteiger partial charge in [-0.3, -0.25) is 0 Å². The molecule has 8 heteroatoms. The molecule has 1 saturated heterocycles. The van der Waals surface area contributed by atoms with Crippen LogP contribution < -0.4 is 10.6 Å². The zero-order valence-corrected chi connectivity index (χ0v) is 14.2. The Morgan fingerprint density at radius 2 is 2.00 bits per heavy atom. The second kappa shape index (κ2) is 6.33. The Balaban J connectivity index is 1.76. The molecule has 1 unspecified atom stereocenters. The molecule has 1 fully saturated rings. The van der Waals surface area contributed by atoms with Gasteiger partial charge in [0.15, 0.2) is 9.84 Å². The Morgan fingerprint density at radius 3 is 2.70 bits per heavy atom. The summed E-state index contributed by atoms with van der Waals surface area (Å²) in [4.78, 5) is 8.66. The lowest BCUT2D eigenvalue weighted by Crippen LogP contribution is -2.21. The van der Waals surface area contributed by atoms with Gasteiger partial charge in [-0.2, -0.15) is 0 Å². The molecule has 0 radical (unpaired) electrons. The van der Waals surface area contributed by atoms with Gasteiger partial charge in [-0.25, -0.2) is 18.4 Å². The van der Waals surface area contributed by atoms with E-state index in [1.165, 1.54) is 0 Å². The number of hydrogen-bond donors (Lipinski definition) is 2. The third kappa shape index (κ3) is 4.33. The highest BCUT2D eigenvalue weighted by molar-refractivity contribution is 7.91. The number of anilines is 3. The maximum atomic E-state index is 11.5. The highest BCUT2D eigenvalue weighted by atomic mass is 35.5. The van der Waals surface area contributed by atoms with E-state index in [2.05, 4.69) is 20.6 Å². The van der Waals surface area contributed by atoms with Crippen molar-refractivity contribution < 1.29 is 8.42 Å². The molecule has 1 aliphatic heterocycles. The standard InChI is InChI=1S/C15H17ClN4O2S/c1-10-17-14(19-12-4-2-3-11(16)7-12)8-15(18-10)20-13-5-6-23(21,22)9-13/h2-4,7-8,13H,5-6,9H2,1H3,(H2,17,18,19,20). The fourth-order valence-electron chi connectivity index (χ4n) is 2.54. The van der Waals surface area contributed by atoms with E-state index in [0.717, 1.165) is 5.69 Å². The molecule has 1 atom stereocenters. The monoisotopic (exact) mass is 352 g/mol. The van der Waals surface area contributed by atoms with Gasteiger partial charge in [-0.1, -0.05) is 17.7 Å². The van der Waals surface area contributed by atoms with Crippen LogP contribution in [0.1, 0.15) is 12.2 Å². The zero-order chi connectivity index (χ0) is 16.4. The summed E-state index contributed by atoms with van der Waals surface area (Å²) in [5.74, 6) is 2.21. The van der Waals surface area contributed by atoms with Crippen molar-refractivity contribution in [2.45, 2.75) is 19.4 Å². The fraction of sp³-hybridized carbons (Fsp3) is 0.333. The maximum Gasteiger partial charge on any atom is 0.152 e. The van der Waals surface area contributed by atoms with Gasteiger partial charge in [-0.15, -0.1) is 0 Å². The number of nitrogens with one attached hydrogen (secondary N) is 2. The average molecular weight is 353 g/mol. The van der Waals surface area contributed by atoms with Crippen LogP contribution in [0.5, 0.6) is 0 Å². The first-order chi connectivity index (χ1) is 10.9. The number of hydrogen-bond acceptors (Lipinski definition) is 6. The second-order valence-corrected chi connectivity index (χ2v) is 8.23. The van der Waals surface area contributed by atoms with Crippen LogP contribution in [0.3, 0.4) is 0 Å². The van der Waals surface area contributed by atoms with Gasteiger partial charge < -0.3 is 10.6 Å². The van der Waals surface area contributed by atoms with Crippen molar-refractivity contribution in [1.82, 2.24) is 9.97 Å². The Bertz CT molecular complexity index is 826. The first-order valence-corrected chi connectivity index (χ1v) is 9.45. The summed E-state index contributed by atoms with van der Waals surface area (Å²) in [5.41, 5.74) is 0.824. The molecule has 0 amide bonds. The number of benzene rings is 1. The van der Waals surface area contributed by atoms with Crippen LogP contribution in [0.15, 0.2) is 30.3 Å². The predicted molar refractivity (Wildman–Crippen MR) is 92.2 cm³/mol. The van der Waals surface area contributed by atoms with Crippen molar-refractivity contribution >= 4 is 38.8 Å². The van der Waals surface area contributed by atoms with Crippen LogP contribution >= 0.6 is 11.6 Å². The van der Waals surface area contributed by atoms with Crippen molar-refractivity contribution in [3.05, 3.63) is 41.2 Å². The number of halogens is 1. The van der Waals surface area contributed by atoms with Crippen LogP contribution in [0, 0.1) is 6.92 Å². The number of rotatable bonds is 4. The van der Waals surface area contributed by atoms with Gasteiger partial charge in [0.05, 0.1) is 11.5 Å². The fourth-order valence-corrected chi connectivity index (χ4v) is 4.40. The van der Waals surface area contributed by atoms with Crippen LogP contribution in [0.4, 0.5) is 17.3 Å². The normalized spacial score (nSPS) is 19.5. The van der Waals surface area contributed by atoms with Crippen LogP contribution in [0.2, 0.25) is 5.02 Å². The molecular weight excluding hydrogens is 336 g/mol. The number of sulfone groups is 1. The van der Waals surface area contributed by atoms with Crippen LogP contribution in [0.25, 0.3) is 0 Å². The van der Waals surface area contributed by atoms with Gasteiger partial charge in [0.25, 0.3) is 0 Å². The first-order valence-electron chi connectivity index (χ1n) is 7.25. The summed E-state index contributed by atoms with van der Waals surface area (Å²) in [7, 11) is -2.93. The number of aromatic nitrogens is 2. The first kappa shape index (κ1) is 16.0. The second-order valence-electron chi connectivity index (χ2n) is 5.57. The Labute approximate surface area is 140 Å². The molecule has 0 saturated carbocycles. The average Bonchev–Trinajstić information content (AvgIpc) is 2.77. The molecule has 0 aliphatic carbocycles. The maximum absolute atomic E-state index is 11.5. The van der Waals surface area contributed by atoms with Gasteiger partial charge in [0.1, 0.15) is 17.5 Å². The molecule has 2 aromatic rings. The van der Waals surface area contributed by atoms with Gasteiger partial charge in [0, 0.05) is 22.8 Å². The highest BCUT2D eigenvalue weighted by Gasteiger charge is 2.28. The van der Waals surface area contributed by atoms with E-state index in [1.807, 2.05) is 12.1 Å². The Morgan fingerprint density at radius 1 is 1.22 bits per heavy atom. The van der Waals surface area contributed by atoms with E-state index in [1.54, 1.807) is 25.1 Å². The topological polar surface area (TPSA) is 84.0 Å². The molecule has 6 nitrogen and oxygen atoms in total. The third-order valence-corrected chi connectivity index (χ3v) is 5.52. The molecule has 0 spiro atoms. The molecule has 23 heavy (non-hydrogen) atoms. The minimum atomic E-state index is -2.93. The van der Waals surface area contributed by atoms with Gasteiger partial charge in [-0.05, 0) is 31.5 Å². The van der Waals surface area contributed by atoms with E-state index in [9.17, 15) is 8.42 Å². The summed E-state index contributed by atoms with van der Waals surface area (Å²) >= 11 is 5.97. The van der Waals surface area contributed by atoms with E-state index in [4.69, 9.17) is 11.6 Å². The largest absolute Gasteiger partial charge is 0.366 e. The third-order valence-electron chi connectivity index (χ3n) is 3.52. The van der Waals surface area contributed by atoms with E-state index >= 15 is 0 Å². The SMILES string of the molecule is Cc1nc(Nc2cccc(Cl)c2)cc(NC2CCS(=O)(=O)C2)n1. The summed E-state index contributed by atoms with van der Waals surface area (Å²) in [6.45, 7) is 1.79. The van der Waals surface area contributed by atoms with E-state index in [-0.39, 0.29) is 17.5 Å². The quantitative estimate of drug-likeness (QED) is 0.880. The molecule has 1 aromatic heterocycles. The molecule has 1 aliphatic rings. The number of aryl methyl sites for hydroxylation is 1. The van der Waals surface area contributed by atoms with Crippen molar-refractivity contribution in [3.63, 3.8) is 0 Å². The lowest BCUT2D eigenvalue weighted by molar-refractivity contribution is 0.602. The van der Waals surface area contributed by atoms with E-state index in [0.29, 0.717) is 28.9 Å². The minimum absolute atomic E-state index is 0.103. The molecule has 2 N–H and O–H groups in total. The molecule has 0 bridgehead atoms. The summed E-state index contributed by atoms with van der Waals surface area (Å²) in [6, 6.07) is 9.00. The van der Waals surface area contributed by atoms with E-state index < -0.39 is 9.84 Å². The van der Waals surface area contributed by atoms with Crippen LogP contribution in [-0.2, 0) is 9.84 Å². The molecule has 2 heterocycles. The van der Waals surface area contributed by atoms with Crippen molar-refractivity contribution in [3.8, 4) is 0 Å². The molecule has 1 aromatic carbocycles. The molecule has 3 rings (SSSR count). The minimum Gasteiger partial charge on any atom is -0.366 e. The van der Waals surface area contributed by atoms with Crippen molar-refractivity contribution in [1.29, 1.82) is 0 Å². The summed E-state index contributed by atoms with van der Waals surface area (Å²) in [6.07, 6.45) is 0.600. The highest BCUT2D eigenvalue weighted by Crippen LogP contribution is 2.22. The van der Waals surface area contributed by atoms with Crippen molar-refractivity contribution in [2.24, 2.45) is 0 Å². The molecular formula is C15H17ClN4O2S. The van der Waals surface area contributed by atoms with Crippen LogP contribution in [-0.4, -0.2) is 35.9 Å². The predicted octanol–water partition coefficient (Wildman–Crippen LogP) is 2.78. The Hall–Kier alpha value is -1.86. The summed E-state index contributed by atoms with van der Waals surface area (Å²) < 4.78 is 23.1. The Kier molecular flexibility index (Phi) is 4.41. The van der Waals surface area contributed by atoms with Gasteiger partial charge >= 0.3 is 0 Å². The molecule has 122 valence electrons. The van der Waals surface area contributed by atoms with Gasteiger partial charge in [0.2, 0.25) is 0 Å². The summed E-state index contributed by atoms with van der Waals surface area (Å²) in [5, 5.41) is 6.99. The lowest BCUT2D eigenvalue weighted by Gasteiger charge is -2.13. The smallest absolute Gasteiger partial charge is 0.152 e. The lowest BCUT2D eigenvalue weighted by atomic mass is 10.2. The van der Waals surface area contributed by atoms with Crippen molar-refractivity contribution in [2.75, 3.05) is 22.1 Å². The number of nitrogens with zero attached hydrogens (tertiary/aromatic N) is 2. The zero-order valence-electron chi connectivity index (χ0n) is 12.6.